The van der Waals surface area contributed by atoms with E-state index in [9.17, 15) is 0 Å². The van der Waals surface area contributed by atoms with Crippen molar-refractivity contribution in [3.05, 3.63) is 57.5 Å². The maximum absolute atomic E-state index is 5.93. The van der Waals surface area contributed by atoms with Gasteiger partial charge < -0.3 is 10.3 Å². The highest BCUT2D eigenvalue weighted by Crippen LogP contribution is 2.36. The smallest absolute Gasteiger partial charge is 0.230 e. The van der Waals surface area contributed by atoms with E-state index >= 15 is 0 Å². The quantitative estimate of drug-likeness (QED) is 0.657. The van der Waals surface area contributed by atoms with Crippen molar-refractivity contribution >= 4 is 37.7 Å². The summed E-state index contributed by atoms with van der Waals surface area (Å²) in [5.74, 6) is 0.324. The molecule has 1 heterocycles. The molecule has 3 rings (SSSR count). The first-order chi connectivity index (χ1) is 9.65. The van der Waals surface area contributed by atoms with Gasteiger partial charge in [-0.1, -0.05) is 61.3 Å². The summed E-state index contributed by atoms with van der Waals surface area (Å²) in [5.41, 5.74) is 9.44. The number of benzene rings is 2. The zero-order chi connectivity index (χ0) is 14.1. The summed E-state index contributed by atoms with van der Waals surface area (Å²) >= 11 is 6.84. The third-order valence-electron chi connectivity index (χ3n) is 2.97. The first-order valence-corrected chi connectivity index (χ1v) is 7.51. The summed E-state index contributed by atoms with van der Waals surface area (Å²) in [6.07, 6.45) is 0. The molecule has 0 unspecified atom stereocenters. The topological polar surface area (TPSA) is 52.0 Å². The molecule has 1 aromatic heterocycles. The first kappa shape index (κ1) is 13.4. The molecule has 3 nitrogen and oxygen atoms in total. The maximum atomic E-state index is 5.93. The average Bonchev–Trinajstić information content (AvgIpc) is 2.83. The van der Waals surface area contributed by atoms with E-state index in [1.165, 1.54) is 0 Å². The van der Waals surface area contributed by atoms with Crippen LogP contribution < -0.4 is 5.73 Å². The number of anilines is 1. The van der Waals surface area contributed by atoms with E-state index in [2.05, 4.69) is 37.0 Å². The molecule has 3 aromatic rings. The predicted octanol–water partition coefficient (Wildman–Crippen LogP) is 5.12. The van der Waals surface area contributed by atoms with Crippen molar-refractivity contribution in [1.82, 2.24) is 5.16 Å². The van der Waals surface area contributed by atoms with Gasteiger partial charge in [-0.15, -0.1) is 0 Å². The van der Waals surface area contributed by atoms with Gasteiger partial charge in [0.25, 0.3) is 0 Å². The molecule has 0 radical (unpaired) electrons. The Morgan fingerprint density at radius 2 is 1.30 bits per heavy atom. The van der Waals surface area contributed by atoms with E-state index in [0.717, 1.165) is 31.3 Å². The van der Waals surface area contributed by atoms with Gasteiger partial charge in [-0.3, -0.25) is 0 Å². The number of halogens is 2. The molecule has 20 heavy (non-hydrogen) atoms. The van der Waals surface area contributed by atoms with Crippen LogP contribution in [-0.2, 0) is 0 Å². The van der Waals surface area contributed by atoms with Crippen molar-refractivity contribution in [2.45, 2.75) is 0 Å². The number of nitrogen functional groups attached to an aromatic ring is 1. The molecule has 2 aromatic carbocycles. The van der Waals surface area contributed by atoms with Crippen LogP contribution in [0.5, 0.6) is 0 Å². The monoisotopic (exact) mass is 392 g/mol. The molecule has 0 aliphatic heterocycles. The van der Waals surface area contributed by atoms with Crippen LogP contribution in [0, 0.1) is 0 Å². The SMILES string of the molecule is Nc1onc(-c2ccc(Br)cc2)c1-c1ccc(Br)cc1. The fourth-order valence-corrected chi connectivity index (χ4v) is 2.53. The predicted molar refractivity (Wildman–Crippen MR) is 87.2 cm³/mol. The van der Waals surface area contributed by atoms with Crippen molar-refractivity contribution in [3.8, 4) is 22.4 Å². The van der Waals surface area contributed by atoms with E-state index < -0.39 is 0 Å². The van der Waals surface area contributed by atoms with Crippen LogP contribution in [0.25, 0.3) is 22.4 Å². The highest BCUT2D eigenvalue weighted by Gasteiger charge is 2.17. The minimum Gasteiger partial charge on any atom is -0.367 e. The fourth-order valence-electron chi connectivity index (χ4n) is 2.00. The minimum atomic E-state index is 0.324. The molecule has 0 atom stereocenters. The number of nitrogens with zero attached hydrogens (tertiary/aromatic N) is 1. The number of hydrogen-bond donors (Lipinski definition) is 1. The Hall–Kier alpha value is -1.59. The molecule has 0 saturated carbocycles. The molecular weight excluding hydrogens is 384 g/mol. The van der Waals surface area contributed by atoms with Gasteiger partial charge >= 0.3 is 0 Å². The normalized spacial score (nSPS) is 10.7. The van der Waals surface area contributed by atoms with E-state index in [1.54, 1.807) is 0 Å². The molecule has 0 amide bonds. The lowest BCUT2D eigenvalue weighted by atomic mass is 10.0. The van der Waals surface area contributed by atoms with Crippen LogP contribution in [0.2, 0.25) is 0 Å². The molecule has 0 aliphatic rings. The Kier molecular flexibility index (Phi) is 3.63. The van der Waals surface area contributed by atoms with Crippen molar-refractivity contribution in [2.75, 3.05) is 5.73 Å². The molecule has 0 spiro atoms. The van der Waals surface area contributed by atoms with E-state index in [0.29, 0.717) is 5.88 Å². The summed E-state index contributed by atoms with van der Waals surface area (Å²) < 4.78 is 7.20. The van der Waals surface area contributed by atoms with Gasteiger partial charge in [0.1, 0.15) is 5.69 Å². The van der Waals surface area contributed by atoms with Crippen LogP contribution in [0.3, 0.4) is 0 Å². The molecule has 5 heteroatoms. The van der Waals surface area contributed by atoms with Crippen LogP contribution in [0.15, 0.2) is 62.0 Å². The Morgan fingerprint density at radius 3 is 1.85 bits per heavy atom. The number of aromatic nitrogens is 1. The lowest BCUT2D eigenvalue weighted by molar-refractivity contribution is 0.439. The standard InChI is InChI=1S/C15H10Br2N2O/c16-11-5-1-9(2-6-11)13-14(19-20-15(13)18)10-3-7-12(17)8-4-10/h1-8H,18H2. The second kappa shape index (κ2) is 5.42. The lowest BCUT2D eigenvalue weighted by Gasteiger charge is -2.03. The summed E-state index contributed by atoms with van der Waals surface area (Å²) in [6, 6.07) is 15.8. The van der Waals surface area contributed by atoms with E-state index in [4.69, 9.17) is 10.3 Å². The minimum absolute atomic E-state index is 0.324. The largest absolute Gasteiger partial charge is 0.367 e. The molecule has 0 fully saturated rings. The molecular formula is C15H10Br2N2O. The molecule has 100 valence electrons. The molecule has 0 aliphatic carbocycles. The Labute approximate surface area is 133 Å². The van der Waals surface area contributed by atoms with E-state index in [1.807, 2.05) is 48.5 Å². The van der Waals surface area contributed by atoms with Gasteiger partial charge in [0.15, 0.2) is 0 Å². The van der Waals surface area contributed by atoms with Gasteiger partial charge in [-0.05, 0) is 29.8 Å². The molecule has 0 saturated heterocycles. The van der Waals surface area contributed by atoms with Gasteiger partial charge in [0.05, 0.1) is 5.56 Å². The molecule has 2 N–H and O–H groups in total. The summed E-state index contributed by atoms with van der Waals surface area (Å²) in [4.78, 5) is 0. The van der Waals surface area contributed by atoms with Crippen molar-refractivity contribution in [1.29, 1.82) is 0 Å². The Morgan fingerprint density at radius 1 is 0.800 bits per heavy atom. The first-order valence-electron chi connectivity index (χ1n) is 5.92. The zero-order valence-corrected chi connectivity index (χ0v) is 13.5. The maximum Gasteiger partial charge on any atom is 0.230 e. The van der Waals surface area contributed by atoms with Crippen molar-refractivity contribution < 1.29 is 4.52 Å². The van der Waals surface area contributed by atoms with Crippen molar-refractivity contribution in [2.24, 2.45) is 0 Å². The van der Waals surface area contributed by atoms with Crippen LogP contribution in [0.4, 0.5) is 5.88 Å². The Bertz CT molecular complexity index is 734. The fraction of sp³-hybridized carbons (Fsp3) is 0. The van der Waals surface area contributed by atoms with Gasteiger partial charge in [0.2, 0.25) is 5.88 Å². The van der Waals surface area contributed by atoms with Crippen LogP contribution in [0.1, 0.15) is 0 Å². The number of hydrogen-bond acceptors (Lipinski definition) is 3. The third-order valence-corrected chi connectivity index (χ3v) is 4.03. The zero-order valence-electron chi connectivity index (χ0n) is 10.3. The number of rotatable bonds is 2. The number of nitrogens with two attached hydrogens (primary N) is 1. The van der Waals surface area contributed by atoms with Gasteiger partial charge in [0, 0.05) is 14.5 Å². The highest BCUT2D eigenvalue weighted by atomic mass is 79.9. The summed E-state index contributed by atoms with van der Waals surface area (Å²) in [5, 5.41) is 4.09. The average molecular weight is 394 g/mol. The second-order valence-corrected chi connectivity index (χ2v) is 6.12. The Balaban J connectivity index is 2.14. The molecule has 0 bridgehead atoms. The van der Waals surface area contributed by atoms with Gasteiger partial charge in [-0.25, -0.2) is 0 Å². The van der Waals surface area contributed by atoms with Gasteiger partial charge in [-0.2, -0.15) is 0 Å². The van der Waals surface area contributed by atoms with Crippen LogP contribution >= 0.6 is 31.9 Å². The summed E-state index contributed by atoms with van der Waals surface area (Å²) in [6.45, 7) is 0. The van der Waals surface area contributed by atoms with E-state index in [-0.39, 0.29) is 0 Å². The summed E-state index contributed by atoms with van der Waals surface area (Å²) in [7, 11) is 0. The highest BCUT2D eigenvalue weighted by molar-refractivity contribution is 9.10. The lowest BCUT2D eigenvalue weighted by Crippen LogP contribution is -1.87. The van der Waals surface area contributed by atoms with Crippen molar-refractivity contribution in [3.63, 3.8) is 0 Å². The third kappa shape index (κ3) is 2.51. The van der Waals surface area contributed by atoms with Crippen LogP contribution in [-0.4, -0.2) is 5.16 Å². The second-order valence-electron chi connectivity index (χ2n) is 4.28.